The molecule has 1 nitrogen and oxygen atoms in total. The van der Waals surface area contributed by atoms with Gasteiger partial charge in [-0.3, -0.25) is 4.79 Å². The van der Waals surface area contributed by atoms with Gasteiger partial charge in [-0.05, 0) is 43.2 Å². The number of carbonyl (C=O) groups is 1. The molecular weight excluding hydrogens is 234 g/mol. The highest BCUT2D eigenvalue weighted by atomic mass is 19.1. The van der Waals surface area contributed by atoms with Crippen molar-refractivity contribution in [1.82, 2.24) is 0 Å². The predicted octanol–water partition coefficient (Wildman–Crippen LogP) is 3.81. The lowest BCUT2D eigenvalue weighted by molar-refractivity contribution is 0.103. The summed E-state index contributed by atoms with van der Waals surface area (Å²) in [4.78, 5) is 12.1. The molecule has 0 aliphatic carbocycles. The molecule has 0 amide bonds. The van der Waals surface area contributed by atoms with Crippen LogP contribution in [0.5, 0.6) is 0 Å². The molecule has 2 aromatic rings. The van der Waals surface area contributed by atoms with Crippen LogP contribution in [0.2, 0.25) is 0 Å². The Kier molecular flexibility index (Phi) is 3.24. The number of ketones is 1. The molecule has 0 spiro atoms. The third-order valence-corrected chi connectivity index (χ3v) is 2.75. The number of carbonyl (C=O) groups excluding carboxylic acids is 1. The monoisotopic (exact) mass is 246 g/mol. The molecule has 0 aliphatic rings. The summed E-state index contributed by atoms with van der Waals surface area (Å²) in [6.45, 7) is 3.43. The minimum atomic E-state index is -0.568. The van der Waals surface area contributed by atoms with Gasteiger partial charge in [0.1, 0.15) is 11.6 Å². The second-order valence-corrected chi connectivity index (χ2v) is 4.28. The first-order chi connectivity index (χ1) is 8.49. The van der Waals surface area contributed by atoms with Crippen molar-refractivity contribution in [3.05, 3.63) is 70.3 Å². The second kappa shape index (κ2) is 4.69. The third-order valence-electron chi connectivity index (χ3n) is 2.75. The van der Waals surface area contributed by atoms with Crippen molar-refractivity contribution >= 4 is 5.78 Å². The van der Waals surface area contributed by atoms with Crippen molar-refractivity contribution in [2.75, 3.05) is 0 Å². The van der Waals surface area contributed by atoms with Crippen LogP contribution >= 0.6 is 0 Å². The highest BCUT2D eigenvalue weighted by Crippen LogP contribution is 2.20. The maximum Gasteiger partial charge on any atom is 0.196 e. The Morgan fingerprint density at radius 1 is 1.06 bits per heavy atom. The van der Waals surface area contributed by atoms with E-state index in [4.69, 9.17) is 0 Å². The summed E-state index contributed by atoms with van der Waals surface area (Å²) in [5.41, 5.74) is 1.47. The maximum absolute atomic E-state index is 13.8. The van der Waals surface area contributed by atoms with E-state index in [9.17, 15) is 13.6 Å². The number of aryl methyl sites for hydroxylation is 2. The van der Waals surface area contributed by atoms with Crippen LogP contribution < -0.4 is 0 Å². The molecule has 92 valence electrons. The first-order valence-corrected chi connectivity index (χ1v) is 5.56. The van der Waals surface area contributed by atoms with Gasteiger partial charge in [-0.15, -0.1) is 0 Å². The van der Waals surface area contributed by atoms with E-state index >= 15 is 0 Å². The Balaban J connectivity index is 2.53. The molecule has 2 rings (SSSR count). The maximum atomic E-state index is 13.8. The smallest absolute Gasteiger partial charge is 0.196 e. The molecular formula is C15H12F2O. The zero-order valence-corrected chi connectivity index (χ0v) is 10.1. The number of hydrogen-bond acceptors (Lipinski definition) is 1. The minimum absolute atomic E-state index is 0.00574. The van der Waals surface area contributed by atoms with E-state index in [1.54, 1.807) is 19.9 Å². The average molecular weight is 246 g/mol. The predicted molar refractivity (Wildman–Crippen MR) is 65.7 cm³/mol. The van der Waals surface area contributed by atoms with Gasteiger partial charge >= 0.3 is 0 Å². The minimum Gasteiger partial charge on any atom is -0.288 e. The summed E-state index contributed by atoms with van der Waals surface area (Å²) in [6, 6.07) is 8.31. The van der Waals surface area contributed by atoms with E-state index in [2.05, 4.69) is 0 Å². The molecule has 0 atom stereocenters. The second-order valence-electron chi connectivity index (χ2n) is 4.28. The molecule has 0 N–H and O–H groups in total. The Hall–Kier alpha value is -2.03. The molecule has 0 fully saturated rings. The molecule has 0 heterocycles. The lowest BCUT2D eigenvalue weighted by Gasteiger charge is -2.08. The van der Waals surface area contributed by atoms with Crippen LogP contribution in [-0.4, -0.2) is 5.78 Å². The number of hydrogen-bond donors (Lipinski definition) is 0. The number of halogens is 2. The van der Waals surface area contributed by atoms with Gasteiger partial charge in [-0.1, -0.05) is 18.2 Å². The Morgan fingerprint density at radius 2 is 1.78 bits per heavy atom. The fourth-order valence-corrected chi connectivity index (χ4v) is 1.98. The molecule has 0 saturated heterocycles. The van der Waals surface area contributed by atoms with E-state index in [0.29, 0.717) is 5.56 Å². The van der Waals surface area contributed by atoms with Crippen LogP contribution in [0.1, 0.15) is 27.0 Å². The van der Waals surface area contributed by atoms with Gasteiger partial charge in [0.05, 0.1) is 5.56 Å². The van der Waals surface area contributed by atoms with Crippen LogP contribution in [0, 0.1) is 25.5 Å². The van der Waals surface area contributed by atoms with E-state index in [0.717, 1.165) is 11.6 Å². The van der Waals surface area contributed by atoms with Gasteiger partial charge in [0.2, 0.25) is 0 Å². The summed E-state index contributed by atoms with van der Waals surface area (Å²) >= 11 is 0. The molecule has 2 aromatic carbocycles. The van der Waals surface area contributed by atoms with Crippen LogP contribution in [-0.2, 0) is 0 Å². The summed E-state index contributed by atoms with van der Waals surface area (Å²) in [6.07, 6.45) is 0. The first-order valence-electron chi connectivity index (χ1n) is 5.56. The number of rotatable bonds is 2. The summed E-state index contributed by atoms with van der Waals surface area (Å²) in [5, 5.41) is 0. The van der Waals surface area contributed by atoms with Gasteiger partial charge in [-0.2, -0.15) is 0 Å². The van der Waals surface area contributed by atoms with Gasteiger partial charge in [0, 0.05) is 5.56 Å². The van der Waals surface area contributed by atoms with Crippen LogP contribution in [0.25, 0.3) is 0 Å². The molecule has 0 aromatic heterocycles. The highest BCUT2D eigenvalue weighted by Gasteiger charge is 2.17. The SMILES string of the molecule is Cc1cc(C)c(C(=O)c2cccc(F)c2)c(F)c1. The highest BCUT2D eigenvalue weighted by molar-refractivity contribution is 6.10. The zero-order valence-electron chi connectivity index (χ0n) is 10.1. The van der Waals surface area contributed by atoms with Crippen LogP contribution in [0.3, 0.4) is 0 Å². The summed E-state index contributed by atoms with van der Waals surface area (Å²) in [5.74, 6) is -1.57. The van der Waals surface area contributed by atoms with Gasteiger partial charge < -0.3 is 0 Å². The van der Waals surface area contributed by atoms with Crippen LogP contribution in [0.15, 0.2) is 36.4 Å². The van der Waals surface area contributed by atoms with Crippen molar-refractivity contribution in [3.63, 3.8) is 0 Å². The van der Waals surface area contributed by atoms with Crippen molar-refractivity contribution in [3.8, 4) is 0 Å². The molecule has 0 radical (unpaired) electrons. The van der Waals surface area contributed by atoms with Crippen molar-refractivity contribution in [2.45, 2.75) is 13.8 Å². The van der Waals surface area contributed by atoms with Crippen molar-refractivity contribution in [2.24, 2.45) is 0 Å². The van der Waals surface area contributed by atoms with E-state index < -0.39 is 17.4 Å². The standard InChI is InChI=1S/C15H12F2O/c1-9-6-10(2)14(13(17)7-9)15(18)11-4-3-5-12(16)8-11/h3-8H,1-2H3. The van der Waals surface area contributed by atoms with Crippen LogP contribution in [0.4, 0.5) is 8.78 Å². The number of benzene rings is 2. The lowest BCUT2D eigenvalue weighted by Crippen LogP contribution is -2.07. The average Bonchev–Trinajstić information content (AvgIpc) is 2.27. The fraction of sp³-hybridized carbons (Fsp3) is 0.133. The fourth-order valence-electron chi connectivity index (χ4n) is 1.98. The summed E-state index contributed by atoms with van der Waals surface area (Å²) in [7, 11) is 0. The van der Waals surface area contributed by atoms with E-state index in [1.807, 2.05) is 0 Å². The molecule has 18 heavy (non-hydrogen) atoms. The Labute approximate surface area is 104 Å². The molecule has 0 aliphatic heterocycles. The normalized spacial score (nSPS) is 10.4. The topological polar surface area (TPSA) is 17.1 Å². The largest absolute Gasteiger partial charge is 0.288 e. The van der Waals surface area contributed by atoms with Gasteiger partial charge in [0.25, 0.3) is 0 Å². The van der Waals surface area contributed by atoms with Crippen molar-refractivity contribution in [1.29, 1.82) is 0 Å². The van der Waals surface area contributed by atoms with Crippen molar-refractivity contribution < 1.29 is 13.6 Å². The Bertz CT molecular complexity index is 595. The van der Waals surface area contributed by atoms with Gasteiger partial charge in [0.15, 0.2) is 5.78 Å². The quantitative estimate of drug-likeness (QED) is 0.736. The zero-order chi connectivity index (χ0) is 13.3. The first kappa shape index (κ1) is 12.4. The molecule has 0 unspecified atom stereocenters. The molecule has 0 saturated carbocycles. The summed E-state index contributed by atoms with van der Waals surface area (Å²) < 4.78 is 26.9. The van der Waals surface area contributed by atoms with Gasteiger partial charge in [-0.25, -0.2) is 8.78 Å². The van der Waals surface area contributed by atoms with E-state index in [-0.39, 0.29) is 11.1 Å². The van der Waals surface area contributed by atoms with E-state index in [1.165, 1.54) is 24.3 Å². The molecule has 0 bridgehead atoms. The third kappa shape index (κ3) is 2.30. The Morgan fingerprint density at radius 3 is 2.39 bits per heavy atom. The molecule has 3 heteroatoms. The lowest BCUT2D eigenvalue weighted by atomic mass is 9.97.